The van der Waals surface area contributed by atoms with Crippen molar-refractivity contribution in [2.75, 3.05) is 7.11 Å². The third-order valence-electron chi connectivity index (χ3n) is 3.64. The molecule has 1 saturated heterocycles. The van der Waals surface area contributed by atoms with Gasteiger partial charge < -0.3 is 34.6 Å². The van der Waals surface area contributed by atoms with Gasteiger partial charge in [-0.25, -0.2) is 4.79 Å². The van der Waals surface area contributed by atoms with E-state index in [0.29, 0.717) is 6.42 Å². The first-order valence-corrected chi connectivity index (χ1v) is 7.26. The zero-order valence-electron chi connectivity index (χ0n) is 13.0. The number of allylic oxidation sites excluding steroid dienone is 1. The molecule has 2 rings (SSSR count). The summed E-state index contributed by atoms with van der Waals surface area (Å²) in [6.07, 6.45) is -6.39. The summed E-state index contributed by atoms with van der Waals surface area (Å²) in [5.41, 5.74) is 0.893. The van der Waals surface area contributed by atoms with E-state index in [0.717, 1.165) is 5.56 Å². The average Bonchev–Trinajstić information content (AvgIpc) is 2.57. The number of ether oxygens (including phenoxy) is 3. The van der Waals surface area contributed by atoms with Crippen LogP contribution in [0.25, 0.3) is 0 Å². The molecule has 1 aromatic carbocycles. The molecule has 0 spiro atoms. The highest BCUT2D eigenvalue weighted by Gasteiger charge is 2.47. The summed E-state index contributed by atoms with van der Waals surface area (Å²) in [7, 11) is 1.40. The number of hydrogen-bond acceptors (Lipinski definition) is 8. The van der Waals surface area contributed by atoms with E-state index < -0.39 is 36.7 Å². The largest absolute Gasteiger partial charge is 0.493 e. The topological polar surface area (TPSA) is 126 Å². The molecule has 5 atom stereocenters. The molecule has 132 valence electrons. The average molecular weight is 340 g/mol. The Balaban J connectivity index is 2.15. The molecule has 0 aliphatic carbocycles. The van der Waals surface area contributed by atoms with Gasteiger partial charge in [0, 0.05) is 0 Å². The van der Waals surface area contributed by atoms with E-state index in [-0.39, 0.29) is 11.5 Å². The van der Waals surface area contributed by atoms with Gasteiger partial charge in [-0.05, 0) is 24.1 Å². The molecule has 1 fully saturated rings. The third-order valence-corrected chi connectivity index (χ3v) is 3.64. The van der Waals surface area contributed by atoms with Crippen molar-refractivity contribution >= 4 is 5.97 Å². The molecule has 0 bridgehead atoms. The molecular formula is C16H20O8. The lowest BCUT2D eigenvalue weighted by Crippen LogP contribution is -2.60. The van der Waals surface area contributed by atoms with Crippen LogP contribution < -0.4 is 9.47 Å². The molecule has 1 aliphatic rings. The minimum absolute atomic E-state index is 0.0845. The summed E-state index contributed by atoms with van der Waals surface area (Å²) >= 11 is 0. The Bertz CT molecular complexity index is 602. The van der Waals surface area contributed by atoms with Crippen LogP contribution in [0.5, 0.6) is 11.5 Å². The molecule has 0 unspecified atom stereocenters. The van der Waals surface area contributed by atoms with Crippen molar-refractivity contribution in [1.82, 2.24) is 0 Å². The number of benzene rings is 1. The summed E-state index contributed by atoms with van der Waals surface area (Å²) in [4.78, 5) is 12.2. The Kier molecular flexibility index (Phi) is 5.92. The monoisotopic (exact) mass is 340 g/mol. The highest BCUT2D eigenvalue weighted by atomic mass is 16.7. The highest BCUT2D eigenvalue weighted by molar-refractivity contribution is 5.79. The maximum Gasteiger partial charge on any atom is 0.343 e. The third kappa shape index (κ3) is 3.74. The zero-order chi connectivity index (χ0) is 17.9. The highest BCUT2D eigenvalue weighted by Crippen LogP contribution is 2.30. The second-order valence-electron chi connectivity index (χ2n) is 5.32. The minimum Gasteiger partial charge on any atom is -0.493 e. The van der Waals surface area contributed by atoms with Gasteiger partial charge in [0.05, 0.1) is 7.11 Å². The van der Waals surface area contributed by atoms with E-state index in [2.05, 4.69) is 6.58 Å². The number of esters is 1. The van der Waals surface area contributed by atoms with E-state index in [1.54, 1.807) is 18.2 Å². The summed E-state index contributed by atoms with van der Waals surface area (Å²) in [6.45, 7) is 3.63. The van der Waals surface area contributed by atoms with Crippen LogP contribution in [0, 0.1) is 0 Å². The summed E-state index contributed by atoms with van der Waals surface area (Å²) in [6, 6.07) is 4.88. The lowest BCUT2D eigenvalue weighted by Gasteiger charge is -2.36. The lowest BCUT2D eigenvalue weighted by molar-refractivity contribution is -0.279. The maximum atomic E-state index is 12.2. The van der Waals surface area contributed by atoms with Gasteiger partial charge in [0.1, 0.15) is 18.3 Å². The Morgan fingerprint density at radius 3 is 2.54 bits per heavy atom. The molecule has 1 aromatic rings. The van der Waals surface area contributed by atoms with Crippen molar-refractivity contribution in [3.05, 3.63) is 36.4 Å². The predicted molar refractivity (Wildman–Crippen MR) is 81.4 cm³/mol. The van der Waals surface area contributed by atoms with Crippen molar-refractivity contribution in [3.8, 4) is 11.5 Å². The van der Waals surface area contributed by atoms with Crippen LogP contribution in [-0.2, 0) is 16.0 Å². The SMILES string of the molecule is C=CCc1ccc(OC(=O)[C@H]2O[C@@H](O)[C@H](O)[C@@H](O)[C@@H]2O)c(OC)c1. The van der Waals surface area contributed by atoms with Crippen molar-refractivity contribution in [3.63, 3.8) is 0 Å². The van der Waals surface area contributed by atoms with Crippen molar-refractivity contribution in [1.29, 1.82) is 0 Å². The molecule has 24 heavy (non-hydrogen) atoms. The number of carbonyl (C=O) groups is 1. The van der Waals surface area contributed by atoms with E-state index in [1.807, 2.05) is 0 Å². The molecule has 1 aliphatic heterocycles. The van der Waals surface area contributed by atoms with Crippen LogP contribution in [-0.4, -0.2) is 64.2 Å². The number of aliphatic hydroxyl groups excluding tert-OH is 4. The molecule has 1 heterocycles. The molecule has 8 nitrogen and oxygen atoms in total. The number of carbonyl (C=O) groups excluding carboxylic acids is 1. The number of rotatable bonds is 5. The fourth-order valence-electron chi connectivity index (χ4n) is 2.31. The molecule has 0 amide bonds. The van der Waals surface area contributed by atoms with Crippen LogP contribution in [0.4, 0.5) is 0 Å². The van der Waals surface area contributed by atoms with E-state index >= 15 is 0 Å². The first-order valence-electron chi connectivity index (χ1n) is 7.26. The Hall–Kier alpha value is -1.97. The smallest absolute Gasteiger partial charge is 0.343 e. The Morgan fingerprint density at radius 1 is 1.21 bits per heavy atom. The second-order valence-corrected chi connectivity index (χ2v) is 5.32. The van der Waals surface area contributed by atoms with E-state index in [1.165, 1.54) is 13.2 Å². The first kappa shape index (κ1) is 18.4. The molecule has 0 saturated carbocycles. The fraction of sp³-hybridized carbons (Fsp3) is 0.438. The Labute approximate surface area is 138 Å². The van der Waals surface area contributed by atoms with Crippen LogP contribution in [0.3, 0.4) is 0 Å². The number of hydrogen-bond donors (Lipinski definition) is 4. The van der Waals surface area contributed by atoms with Crippen LogP contribution in [0.2, 0.25) is 0 Å². The van der Waals surface area contributed by atoms with Gasteiger partial charge in [-0.3, -0.25) is 0 Å². The number of aliphatic hydroxyl groups is 4. The maximum absolute atomic E-state index is 12.2. The molecule has 8 heteroatoms. The van der Waals surface area contributed by atoms with Crippen molar-refractivity contribution in [2.24, 2.45) is 0 Å². The standard InChI is InChI=1S/C16H20O8/c1-3-4-8-5-6-9(10(7-8)22-2)23-16(21)14-12(18)11(17)13(19)15(20)24-14/h3,5-7,11-15,17-20H,1,4H2,2H3/t11-,12-,13+,14-,15+/m0/s1. The summed E-state index contributed by atoms with van der Waals surface area (Å²) in [5, 5.41) is 38.3. The zero-order valence-corrected chi connectivity index (χ0v) is 13.0. The fourth-order valence-corrected chi connectivity index (χ4v) is 2.31. The van der Waals surface area contributed by atoms with Crippen molar-refractivity contribution in [2.45, 2.75) is 37.1 Å². The molecule has 4 N–H and O–H groups in total. The quantitative estimate of drug-likeness (QED) is 0.310. The van der Waals surface area contributed by atoms with Crippen LogP contribution in [0.15, 0.2) is 30.9 Å². The van der Waals surface area contributed by atoms with Gasteiger partial charge in [0.2, 0.25) is 0 Å². The van der Waals surface area contributed by atoms with Gasteiger partial charge in [-0.1, -0.05) is 12.1 Å². The second kappa shape index (κ2) is 7.73. The molecule has 0 radical (unpaired) electrons. The summed E-state index contributed by atoms with van der Waals surface area (Å²) < 4.78 is 15.1. The van der Waals surface area contributed by atoms with Crippen LogP contribution in [0.1, 0.15) is 5.56 Å². The minimum atomic E-state index is -1.82. The van der Waals surface area contributed by atoms with Gasteiger partial charge in [0.15, 0.2) is 23.9 Å². The Morgan fingerprint density at radius 2 is 1.92 bits per heavy atom. The van der Waals surface area contributed by atoms with E-state index in [9.17, 15) is 25.2 Å². The van der Waals surface area contributed by atoms with Gasteiger partial charge in [-0.2, -0.15) is 0 Å². The molecular weight excluding hydrogens is 320 g/mol. The van der Waals surface area contributed by atoms with Gasteiger partial charge in [0.25, 0.3) is 0 Å². The number of methoxy groups -OCH3 is 1. The summed E-state index contributed by atoms with van der Waals surface area (Å²) in [5.74, 6) is -0.669. The van der Waals surface area contributed by atoms with Crippen LogP contribution >= 0.6 is 0 Å². The molecule has 0 aromatic heterocycles. The lowest BCUT2D eigenvalue weighted by atomic mass is 9.99. The van der Waals surface area contributed by atoms with Gasteiger partial charge in [-0.15, -0.1) is 6.58 Å². The van der Waals surface area contributed by atoms with Gasteiger partial charge >= 0.3 is 5.97 Å². The van der Waals surface area contributed by atoms with Crippen molar-refractivity contribution < 1.29 is 39.4 Å². The normalized spacial score (nSPS) is 29.8. The predicted octanol–water partition coefficient (Wildman–Crippen LogP) is -0.871. The first-order chi connectivity index (χ1) is 11.4. The van der Waals surface area contributed by atoms with E-state index in [4.69, 9.17) is 14.2 Å².